The van der Waals surface area contributed by atoms with Gasteiger partial charge < -0.3 is 5.32 Å². The number of thioether (sulfide) groups is 1. The zero-order valence-corrected chi connectivity index (χ0v) is 12.4. The summed E-state index contributed by atoms with van der Waals surface area (Å²) >= 11 is 2.05. The molecule has 0 bridgehead atoms. The van der Waals surface area contributed by atoms with Gasteiger partial charge in [-0.05, 0) is 48.7 Å². The van der Waals surface area contributed by atoms with Gasteiger partial charge in [-0.3, -0.25) is 0 Å². The van der Waals surface area contributed by atoms with Crippen molar-refractivity contribution in [1.82, 2.24) is 5.32 Å². The highest BCUT2D eigenvalue weighted by Gasteiger charge is 2.32. The van der Waals surface area contributed by atoms with E-state index in [9.17, 15) is 0 Å². The topological polar surface area (TPSA) is 12.0 Å². The Bertz CT molecular complexity index is 566. The fourth-order valence-electron chi connectivity index (χ4n) is 3.12. The van der Waals surface area contributed by atoms with Crippen LogP contribution in [-0.4, -0.2) is 18.3 Å². The SMILES string of the molecule is CNC1CCC(Sc2ccc3ccccc3c2)C1C. The van der Waals surface area contributed by atoms with Crippen molar-refractivity contribution in [3.05, 3.63) is 42.5 Å². The van der Waals surface area contributed by atoms with Gasteiger partial charge in [-0.2, -0.15) is 0 Å². The van der Waals surface area contributed by atoms with Crippen molar-refractivity contribution in [3.8, 4) is 0 Å². The first kappa shape index (κ1) is 13.0. The molecule has 2 heteroatoms. The van der Waals surface area contributed by atoms with E-state index in [1.807, 2.05) is 0 Å². The Labute approximate surface area is 119 Å². The lowest BCUT2D eigenvalue weighted by Crippen LogP contribution is -2.29. The van der Waals surface area contributed by atoms with E-state index >= 15 is 0 Å². The quantitative estimate of drug-likeness (QED) is 0.892. The maximum Gasteiger partial charge on any atom is 0.0135 e. The van der Waals surface area contributed by atoms with Gasteiger partial charge in [0.25, 0.3) is 0 Å². The van der Waals surface area contributed by atoms with Crippen molar-refractivity contribution in [2.24, 2.45) is 5.92 Å². The number of rotatable bonds is 3. The molecule has 3 unspecified atom stereocenters. The van der Waals surface area contributed by atoms with Crippen LogP contribution in [0.5, 0.6) is 0 Å². The Morgan fingerprint density at radius 3 is 2.58 bits per heavy atom. The summed E-state index contributed by atoms with van der Waals surface area (Å²) in [5.41, 5.74) is 0. The van der Waals surface area contributed by atoms with Gasteiger partial charge in [0.05, 0.1) is 0 Å². The Morgan fingerprint density at radius 2 is 1.84 bits per heavy atom. The predicted octanol–water partition coefficient (Wildman–Crippen LogP) is 4.32. The summed E-state index contributed by atoms with van der Waals surface area (Å²) in [5.74, 6) is 0.751. The largest absolute Gasteiger partial charge is 0.317 e. The molecule has 0 aromatic heterocycles. The zero-order valence-electron chi connectivity index (χ0n) is 11.6. The molecule has 1 N–H and O–H groups in total. The van der Waals surface area contributed by atoms with Crippen LogP contribution in [0.25, 0.3) is 10.8 Å². The minimum absolute atomic E-state index is 0.693. The Hall–Kier alpha value is -0.990. The molecule has 19 heavy (non-hydrogen) atoms. The van der Waals surface area contributed by atoms with Gasteiger partial charge in [0.15, 0.2) is 0 Å². The third kappa shape index (κ3) is 2.65. The van der Waals surface area contributed by atoms with E-state index in [1.54, 1.807) is 0 Å². The molecule has 0 aliphatic heterocycles. The van der Waals surface area contributed by atoms with Crippen molar-refractivity contribution in [2.75, 3.05) is 7.05 Å². The summed E-state index contributed by atoms with van der Waals surface area (Å²) in [5, 5.41) is 6.88. The van der Waals surface area contributed by atoms with Crippen LogP contribution >= 0.6 is 11.8 Å². The van der Waals surface area contributed by atoms with E-state index in [0.717, 1.165) is 11.2 Å². The average Bonchev–Trinajstić information content (AvgIpc) is 2.79. The highest BCUT2D eigenvalue weighted by molar-refractivity contribution is 8.00. The summed E-state index contributed by atoms with van der Waals surface area (Å²) in [6.45, 7) is 2.38. The molecule has 0 heterocycles. The van der Waals surface area contributed by atoms with E-state index < -0.39 is 0 Å². The first-order chi connectivity index (χ1) is 9.28. The second-order valence-electron chi connectivity index (χ2n) is 5.50. The van der Waals surface area contributed by atoms with Gasteiger partial charge in [-0.1, -0.05) is 37.3 Å². The number of nitrogens with one attached hydrogen (secondary N) is 1. The van der Waals surface area contributed by atoms with Crippen molar-refractivity contribution in [2.45, 2.75) is 36.0 Å². The standard InChI is InChI=1S/C17H21NS/c1-12-16(18-2)9-10-17(12)19-15-8-7-13-5-3-4-6-14(13)11-15/h3-8,11-12,16-18H,9-10H2,1-2H3. The van der Waals surface area contributed by atoms with Gasteiger partial charge in [0, 0.05) is 16.2 Å². The molecule has 1 nitrogen and oxygen atoms in total. The highest BCUT2D eigenvalue weighted by atomic mass is 32.2. The van der Waals surface area contributed by atoms with Gasteiger partial charge in [-0.25, -0.2) is 0 Å². The molecular formula is C17H21NS. The van der Waals surface area contributed by atoms with Gasteiger partial charge >= 0.3 is 0 Å². The lowest BCUT2D eigenvalue weighted by molar-refractivity contribution is 0.464. The Balaban J connectivity index is 1.78. The highest BCUT2D eigenvalue weighted by Crippen LogP contribution is 2.39. The predicted molar refractivity (Wildman–Crippen MR) is 84.8 cm³/mol. The molecule has 1 aliphatic carbocycles. The van der Waals surface area contributed by atoms with Crippen molar-refractivity contribution < 1.29 is 0 Å². The van der Waals surface area contributed by atoms with Crippen LogP contribution in [0.15, 0.2) is 47.4 Å². The monoisotopic (exact) mass is 271 g/mol. The first-order valence-electron chi connectivity index (χ1n) is 7.10. The second-order valence-corrected chi connectivity index (χ2v) is 6.81. The number of hydrogen-bond acceptors (Lipinski definition) is 2. The van der Waals surface area contributed by atoms with E-state index in [0.29, 0.717) is 6.04 Å². The molecule has 2 aromatic rings. The summed E-state index contributed by atoms with van der Waals surface area (Å²) in [4.78, 5) is 1.41. The molecular weight excluding hydrogens is 250 g/mol. The molecule has 1 fully saturated rings. The lowest BCUT2D eigenvalue weighted by atomic mass is 10.1. The van der Waals surface area contributed by atoms with Crippen LogP contribution in [0.4, 0.5) is 0 Å². The van der Waals surface area contributed by atoms with Gasteiger partial charge in [0.2, 0.25) is 0 Å². The number of benzene rings is 2. The molecule has 1 saturated carbocycles. The van der Waals surface area contributed by atoms with Crippen molar-refractivity contribution >= 4 is 22.5 Å². The fraction of sp³-hybridized carbons (Fsp3) is 0.412. The van der Waals surface area contributed by atoms with E-state index in [-0.39, 0.29) is 0 Å². The average molecular weight is 271 g/mol. The molecule has 0 radical (unpaired) electrons. The van der Waals surface area contributed by atoms with E-state index in [1.165, 1.54) is 28.5 Å². The van der Waals surface area contributed by atoms with Crippen LogP contribution < -0.4 is 5.32 Å². The second kappa shape index (κ2) is 5.56. The fourth-order valence-corrected chi connectivity index (χ4v) is 4.47. The minimum atomic E-state index is 0.693. The van der Waals surface area contributed by atoms with Crippen molar-refractivity contribution in [3.63, 3.8) is 0 Å². The molecule has 3 rings (SSSR count). The third-order valence-electron chi connectivity index (χ3n) is 4.36. The van der Waals surface area contributed by atoms with E-state index in [4.69, 9.17) is 0 Å². The van der Waals surface area contributed by atoms with Gasteiger partial charge in [0.1, 0.15) is 0 Å². The smallest absolute Gasteiger partial charge is 0.0135 e. The Morgan fingerprint density at radius 1 is 1.05 bits per heavy atom. The minimum Gasteiger partial charge on any atom is -0.317 e. The Kier molecular flexibility index (Phi) is 3.81. The van der Waals surface area contributed by atoms with Crippen LogP contribution in [0, 0.1) is 5.92 Å². The number of hydrogen-bond donors (Lipinski definition) is 1. The van der Waals surface area contributed by atoms with Crippen LogP contribution in [-0.2, 0) is 0 Å². The molecule has 3 atom stereocenters. The van der Waals surface area contributed by atoms with Gasteiger partial charge in [-0.15, -0.1) is 11.8 Å². The number of fused-ring (bicyclic) bond motifs is 1. The molecule has 0 spiro atoms. The maximum absolute atomic E-state index is 3.45. The third-order valence-corrected chi connectivity index (χ3v) is 5.86. The van der Waals surface area contributed by atoms with Crippen LogP contribution in [0.3, 0.4) is 0 Å². The van der Waals surface area contributed by atoms with Crippen LogP contribution in [0.2, 0.25) is 0 Å². The normalized spacial score (nSPS) is 26.9. The zero-order chi connectivity index (χ0) is 13.2. The summed E-state index contributed by atoms with van der Waals surface area (Å²) < 4.78 is 0. The lowest BCUT2D eigenvalue weighted by Gasteiger charge is -2.20. The van der Waals surface area contributed by atoms with Crippen molar-refractivity contribution in [1.29, 1.82) is 0 Å². The molecule has 0 amide bonds. The molecule has 100 valence electrons. The summed E-state index contributed by atoms with van der Waals surface area (Å²) in [6, 6.07) is 16.1. The molecule has 2 aromatic carbocycles. The maximum atomic E-state index is 3.45. The summed E-state index contributed by atoms with van der Waals surface area (Å²) in [7, 11) is 2.09. The summed E-state index contributed by atoms with van der Waals surface area (Å²) in [6.07, 6.45) is 2.63. The molecule has 1 aliphatic rings. The van der Waals surface area contributed by atoms with Crippen LogP contribution in [0.1, 0.15) is 19.8 Å². The van der Waals surface area contributed by atoms with E-state index in [2.05, 4.69) is 73.5 Å². The first-order valence-corrected chi connectivity index (χ1v) is 7.98. The molecule has 0 saturated heterocycles.